The first-order valence-corrected chi connectivity index (χ1v) is 7.43. The molecule has 108 valence electrons. The zero-order valence-electron chi connectivity index (χ0n) is 13.2. The first-order valence-electron chi connectivity index (χ1n) is 7.43. The highest BCUT2D eigenvalue weighted by molar-refractivity contribution is 5.18. The highest BCUT2D eigenvalue weighted by Crippen LogP contribution is 2.27. The molecule has 0 amide bonds. The molecule has 0 fully saturated rings. The van der Waals surface area contributed by atoms with Crippen molar-refractivity contribution in [1.29, 1.82) is 0 Å². The summed E-state index contributed by atoms with van der Waals surface area (Å²) >= 11 is 0. The minimum Gasteiger partial charge on any atom is -0.329 e. The third kappa shape index (κ3) is 3.80. The Balaban J connectivity index is 2.96. The summed E-state index contributed by atoms with van der Waals surface area (Å²) in [4.78, 5) is 2.49. The van der Waals surface area contributed by atoms with Gasteiger partial charge in [0.1, 0.15) is 0 Å². The van der Waals surface area contributed by atoms with Crippen LogP contribution in [0.3, 0.4) is 0 Å². The number of benzene rings is 1. The molecular formula is C17H30N2. The van der Waals surface area contributed by atoms with Gasteiger partial charge in [-0.2, -0.15) is 0 Å². The largest absolute Gasteiger partial charge is 0.329 e. The van der Waals surface area contributed by atoms with Crippen molar-refractivity contribution >= 4 is 0 Å². The van der Waals surface area contributed by atoms with Gasteiger partial charge in [-0.25, -0.2) is 0 Å². The SMILES string of the molecule is CCC(CN)(Cc1ccccc1)N(C)C(C)C(C)C. The highest BCUT2D eigenvalue weighted by atomic mass is 15.2. The fraction of sp³-hybridized carbons (Fsp3) is 0.647. The lowest BCUT2D eigenvalue weighted by atomic mass is 9.84. The molecule has 2 unspecified atom stereocenters. The van der Waals surface area contributed by atoms with Crippen LogP contribution in [-0.4, -0.2) is 30.1 Å². The second-order valence-corrected chi connectivity index (χ2v) is 6.04. The zero-order chi connectivity index (χ0) is 14.5. The lowest BCUT2D eigenvalue weighted by Gasteiger charge is -2.45. The van der Waals surface area contributed by atoms with Crippen molar-refractivity contribution in [3.63, 3.8) is 0 Å². The average molecular weight is 262 g/mol. The van der Waals surface area contributed by atoms with Gasteiger partial charge in [-0.15, -0.1) is 0 Å². The van der Waals surface area contributed by atoms with Crippen LogP contribution >= 0.6 is 0 Å². The Morgan fingerprint density at radius 3 is 2.16 bits per heavy atom. The molecule has 2 N–H and O–H groups in total. The number of nitrogens with two attached hydrogens (primary N) is 1. The molecule has 1 aromatic carbocycles. The Morgan fingerprint density at radius 1 is 1.16 bits per heavy atom. The number of nitrogens with zero attached hydrogens (tertiary/aromatic N) is 1. The van der Waals surface area contributed by atoms with Gasteiger partial charge >= 0.3 is 0 Å². The molecule has 0 aromatic heterocycles. The molecular weight excluding hydrogens is 232 g/mol. The molecule has 2 nitrogen and oxygen atoms in total. The maximum absolute atomic E-state index is 6.16. The highest BCUT2D eigenvalue weighted by Gasteiger charge is 2.35. The van der Waals surface area contributed by atoms with Gasteiger partial charge in [0.25, 0.3) is 0 Å². The van der Waals surface area contributed by atoms with E-state index in [1.807, 2.05) is 0 Å². The summed E-state index contributed by atoms with van der Waals surface area (Å²) in [5.74, 6) is 0.637. The Bertz CT molecular complexity index is 355. The van der Waals surface area contributed by atoms with Gasteiger partial charge in [0.2, 0.25) is 0 Å². The fourth-order valence-corrected chi connectivity index (χ4v) is 2.71. The van der Waals surface area contributed by atoms with Crippen LogP contribution in [0.25, 0.3) is 0 Å². The smallest absolute Gasteiger partial charge is 0.0369 e. The van der Waals surface area contributed by atoms with Crippen LogP contribution in [-0.2, 0) is 6.42 Å². The first-order chi connectivity index (χ1) is 8.96. The number of hydrogen-bond donors (Lipinski definition) is 1. The third-order valence-electron chi connectivity index (χ3n) is 4.74. The number of rotatable bonds is 7. The summed E-state index contributed by atoms with van der Waals surface area (Å²) in [6.07, 6.45) is 2.10. The van der Waals surface area contributed by atoms with E-state index in [0.29, 0.717) is 18.5 Å². The molecule has 0 saturated heterocycles. The zero-order valence-corrected chi connectivity index (χ0v) is 13.2. The quantitative estimate of drug-likeness (QED) is 0.817. The summed E-state index contributed by atoms with van der Waals surface area (Å²) in [5, 5.41) is 0. The molecule has 1 aromatic rings. The van der Waals surface area contributed by atoms with Crippen LogP contribution in [0.4, 0.5) is 0 Å². The van der Waals surface area contributed by atoms with Gasteiger partial charge in [-0.3, -0.25) is 4.90 Å². The second-order valence-electron chi connectivity index (χ2n) is 6.04. The molecule has 0 aliphatic rings. The molecule has 1 rings (SSSR count). The summed E-state index contributed by atoms with van der Waals surface area (Å²) in [7, 11) is 2.23. The van der Waals surface area contributed by atoms with Crippen LogP contribution in [0.1, 0.15) is 39.7 Å². The predicted molar refractivity (Wildman–Crippen MR) is 84.3 cm³/mol. The molecule has 0 aliphatic heterocycles. The van der Waals surface area contributed by atoms with Crippen LogP contribution in [0.5, 0.6) is 0 Å². The fourth-order valence-electron chi connectivity index (χ4n) is 2.71. The third-order valence-corrected chi connectivity index (χ3v) is 4.74. The van der Waals surface area contributed by atoms with Crippen molar-refractivity contribution in [2.75, 3.05) is 13.6 Å². The van der Waals surface area contributed by atoms with Crippen molar-refractivity contribution in [1.82, 2.24) is 4.90 Å². The van der Waals surface area contributed by atoms with E-state index in [4.69, 9.17) is 5.73 Å². The molecule has 2 atom stereocenters. The van der Waals surface area contributed by atoms with Crippen molar-refractivity contribution in [3.8, 4) is 0 Å². The van der Waals surface area contributed by atoms with E-state index in [1.54, 1.807) is 0 Å². The van der Waals surface area contributed by atoms with Crippen molar-refractivity contribution < 1.29 is 0 Å². The lowest BCUT2D eigenvalue weighted by Crippen LogP contribution is -2.57. The van der Waals surface area contributed by atoms with Crippen LogP contribution in [0.15, 0.2) is 30.3 Å². The summed E-state index contributed by atoms with van der Waals surface area (Å²) in [6.45, 7) is 9.81. The maximum atomic E-state index is 6.16. The molecule has 0 heterocycles. The summed E-state index contributed by atoms with van der Waals surface area (Å²) < 4.78 is 0. The summed E-state index contributed by atoms with van der Waals surface area (Å²) in [5.41, 5.74) is 7.60. The number of likely N-dealkylation sites (N-methyl/N-ethyl adjacent to an activating group) is 1. The Kier molecular flexibility index (Phi) is 6.02. The Morgan fingerprint density at radius 2 is 1.74 bits per heavy atom. The van der Waals surface area contributed by atoms with Gasteiger partial charge < -0.3 is 5.73 Å². The van der Waals surface area contributed by atoms with Crippen LogP contribution < -0.4 is 5.73 Å². The molecule has 19 heavy (non-hydrogen) atoms. The molecule has 0 radical (unpaired) electrons. The first kappa shape index (κ1) is 16.2. The normalized spacial score (nSPS) is 16.6. The molecule has 0 aliphatic carbocycles. The second kappa shape index (κ2) is 7.06. The topological polar surface area (TPSA) is 29.3 Å². The molecule has 0 bridgehead atoms. The lowest BCUT2D eigenvalue weighted by molar-refractivity contribution is 0.0590. The van der Waals surface area contributed by atoms with E-state index in [2.05, 4.69) is 70.0 Å². The van der Waals surface area contributed by atoms with Gasteiger partial charge in [0.05, 0.1) is 0 Å². The van der Waals surface area contributed by atoms with E-state index in [9.17, 15) is 0 Å². The monoisotopic (exact) mass is 262 g/mol. The molecule has 0 spiro atoms. The van der Waals surface area contributed by atoms with Gasteiger partial charge in [-0.05, 0) is 38.3 Å². The Hall–Kier alpha value is -0.860. The predicted octanol–water partition coefficient (Wildman–Crippen LogP) is 3.31. The van der Waals surface area contributed by atoms with Gasteiger partial charge in [-0.1, -0.05) is 51.1 Å². The van der Waals surface area contributed by atoms with Gasteiger partial charge in [0.15, 0.2) is 0 Å². The number of hydrogen-bond acceptors (Lipinski definition) is 2. The van der Waals surface area contributed by atoms with Crippen LogP contribution in [0.2, 0.25) is 0 Å². The minimum absolute atomic E-state index is 0.0606. The minimum atomic E-state index is 0.0606. The van der Waals surface area contributed by atoms with E-state index in [1.165, 1.54) is 5.56 Å². The van der Waals surface area contributed by atoms with E-state index >= 15 is 0 Å². The van der Waals surface area contributed by atoms with Crippen molar-refractivity contribution in [3.05, 3.63) is 35.9 Å². The summed E-state index contributed by atoms with van der Waals surface area (Å²) in [6, 6.07) is 11.2. The van der Waals surface area contributed by atoms with E-state index in [0.717, 1.165) is 12.8 Å². The van der Waals surface area contributed by atoms with E-state index in [-0.39, 0.29) is 5.54 Å². The molecule has 0 saturated carbocycles. The van der Waals surface area contributed by atoms with Crippen molar-refractivity contribution in [2.24, 2.45) is 11.7 Å². The van der Waals surface area contributed by atoms with E-state index < -0.39 is 0 Å². The standard InChI is InChI=1S/C17H30N2/c1-6-17(13-18,19(5)15(4)14(2)3)12-16-10-8-7-9-11-16/h7-11,14-15H,6,12-13,18H2,1-5H3. The average Bonchev–Trinajstić information content (AvgIpc) is 2.44. The van der Waals surface area contributed by atoms with Crippen LogP contribution in [0, 0.1) is 5.92 Å². The maximum Gasteiger partial charge on any atom is 0.0369 e. The molecule has 2 heteroatoms. The van der Waals surface area contributed by atoms with Gasteiger partial charge in [0, 0.05) is 18.1 Å². The Labute approximate surface area is 119 Å². The van der Waals surface area contributed by atoms with Crippen molar-refractivity contribution in [2.45, 2.75) is 52.1 Å².